The van der Waals surface area contributed by atoms with Gasteiger partial charge in [0.25, 0.3) is 0 Å². The molecule has 0 saturated carbocycles. The molecule has 0 amide bonds. The highest BCUT2D eigenvalue weighted by Gasteiger charge is 2.03. The summed E-state index contributed by atoms with van der Waals surface area (Å²) < 4.78 is 54.2. The first-order valence-electron chi connectivity index (χ1n) is 6.75. The first-order valence-corrected chi connectivity index (χ1v) is 10.1. The fourth-order valence-corrected chi connectivity index (χ4v) is 1.38. The highest BCUT2D eigenvalue weighted by molar-refractivity contribution is 9.12. The maximum atomic E-state index is 12.8. The number of phenolic OH excluding ortho intramolecular Hbond substituents is 1. The summed E-state index contributed by atoms with van der Waals surface area (Å²) in [4.78, 5) is 0. The molecule has 0 unspecified atom stereocenters. The van der Waals surface area contributed by atoms with Crippen LogP contribution < -0.4 is 4.74 Å². The second-order valence-electron chi connectivity index (χ2n) is 4.09. The van der Waals surface area contributed by atoms with Crippen LogP contribution in [0.1, 0.15) is 0 Å². The third-order valence-electron chi connectivity index (χ3n) is 2.21. The van der Waals surface area contributed by atoms with Crippen molar-refractivity contribution >= 4 is 47.8 Å². The number of alkyl halides is 3. The summed E-state index contributed by atoms with van der Waals surface area (Å²) >= 11 is 9.53. The number of hydrogen-bond acceptors (Lipinski definition) is 2. The van der Waals surface area contributed by atoms with E-state index in [1.165, 1.54) is 6.07 Å². The molecule has 2 rings (SSSR count). The Bertz CT molecular complexity index is 628. The standard InChI is InChI=1S/C8H7BrF2O.C6H4F2O.C2H4Br2/c9-3-4-12-8-2-1-6(10)5-7(8)11;7-4-1-2-6(9)5(8)3-4;3-1-2-4/h1-2,5H,3-4H2;1-3,9H;1-2H2. The summed E-state index contributed by atoms with van der Waals surface area (Å²) in [5, 5.41) is 11.2. The van der Waals surface area contributed by atoms with E-state index < -0.39 is 29.0 Å². The van der Waals surface area contributed by atoms with E-state index in [9.17, 15) is 17.6 Å². The van der Waals surface area contributed by atoms with Crippen molar-refractivity contribution in [1.29, 1.82) is 0 Å². The minimum absolute atomic E-state index is 0.0795. The molecule has 25 heavy (non-hydrogen) atoms. The van der Waals surface area contributed by atoms with Gasteiger partial charge in [-0.05, 0) is 24.3 Å². The Hall–Kier alpha value is -0.800. The van der Waals surface area contributed by atoms with Crippen LogP contribution in [0.4, 0.5) is 17.6 Å². The summed E-state index contributed by atoms with van der Waals surface area (Å²) in [6.07, 6.45) is 0. The van der Waals surface area contributed by atoms with Gasteiger partial charge >= 0.3 is 0 Å². The quantitative estimate of drug-likeness (QED) is 0.361. The topological polar surface area (TPSA) is 29.5 Å². The number of phenols is 1. The molecule has 2 aromatic rings. The van der Waals surface area contributed by atoms with Gasteiger partial charge in [0.15, 0.2) is 23.1 Å². The molecule has 0 aromatic heterocycles. The van der Waals surface area contributed by atoms with Gasteiger partial charge in [0, 0.05) is 28.1 Å². The normalized spacial score (nSPS) is 9.40. The van der Waals surface area contributed by atoms with Gasteiger partial charge in [0.2, 0.25) is 0 Å². The minimum atomic E-state index is -0.935. The van der Waals surface area contributed by atoms with Crippen LogP contribution in [-0.4, -0.2) is 27.7 Å². The molecule has 0 bridgehead atoms. The fraction of sp³-hybridized carbons (Fsp3) is 0.250. The van der Waals surface area contributed by atoms with Gasteiger partial charge in [0.1, 0.15) is 11.6 Å². The Labute approximate surface area is 168 Å². The molecule has 0 atom stereocenters. The molecule has 0 aliphatic carbocycles. The lowest BCUT2D eigenvalue weighted by atomic mass is 10.3. The van der Waals surface area contributed by atoms with E-state index in [0.717, 1.165) is 34.9 Å². The summed E-state index contributed by atoms with van der Waals surface area (Å²) in [6.45, 7) is 0.364. The second-order valence-corrected chi connectivity index (χ2v) is 6.46. The van der Waals surface area contributed by atoms with Gasteiger partial charge in [-0.1, -0.05) is 47.8 Å². The number of aromatic hydroxyl groups is 1. The first kappa shape index (κ1) is 24.2. The lowest BCUT2D eigenvalue weighted by molar-refractivity contribution is 0.324. The molecule has 0 spiro atoms. The number of ether oxygens (including phenoxy) is 1. The van der Waals surface area contributed by atoms with Crippen molar-refractivity contribution in [2.45, 2.75) is 0 Å². The minimum Gasteiger partial charge on any atom is -0.505 e. The highest BCUT2D eigenvalue weighted by Crippen LogP contribution is 2.17. The van der Waals surface area contributed by atoms with E-state index in [1.807, 2.05) is 0 Å². The van der Waals surface area contributed by atoms with E-state index >= 15 is 0 Å². The Morgan fingerprint density at radius 3 is 1.68 bits per heavy atom. The molecule has 0 heterocycles. The predicted molar refractivity (Wildman–Crippen MR) is 101 cm³/mol. The Morgan fingerprint density at radius 2 is 1.28 bits per heavy atom. The molecular weight excluding hydrogens is 540 g/mol. The lowest BCUT2D eigenvalue weighted by Gasteiger charge is -2.04. The molecule has 0 saturated heterocycles. The van der Waals surface area contributed by atoms with E-state index in [1.54, 1.807) is 0 Å². The molecule has 140 valence electrons. The van der Waals surface area contributed by atoms with Gasteiger partial charge in [-0.25, -0.2) is 17.6 Å². The average molecular weight is 555 g/mol. The molecule has 0 aliphatic rings. The van der Waals surface area contributed by atoms with Crippen molar-refractivity contribution < 1.29 is 27.4 Å². The van der Waals surface area contributed by atoms with Crippen LogP contribution >= 0.6 is 47.8 Å². The lowest BCUT2D eigenvalue weighted by Crippen LogP contribution is -1.99. The molecule has 2 nitrogen and oxygen atoms in total. The van der Waals surface area contributed by atoms with Gasteiger partial charge in [-0.2, -0.15) is 0 Å². The highest BCUT2D eigenvalue weighted by atomic mass is 79.9. The molecule has 0 fully saturated rings. The molecule has 2 aromatic carbocycles. The summed E-state index contributed by atoms with van der Waals surface area (Å²) in [6, 6.07) is 5.79. The number of hydrogen-bond donors (Lipinski definition) is 1. The summed E-state index contributed by atoms with van der Waals surface area (Å²) in [7, 11) is 0. The van der Waals surface area contributed by atoms with Gasteiger partial charge < -0.3 is 9.84 Å². The molecule has 0 radical (unpaired) electrons. The van der Waals surface area contributed by atoms with Crippen LogP contribution in [0, 0.1) is 23.3 Å². The van der Waals surface area contributed by atoms with Crippen molar-refractivity contribution in [2.24, 2.45) is 0 Å². The predicted octanol–water partition coefficient (Wildman–Crippen LogP) is 6.19. The number of rotatable bonds is 4. The Morgan fingerprint density at radius 1 is 0.760 bits per heavy atom. The van der Waals surface area contributed by atoms with Crippen LogP contribution in [0.2, 0.25) is 0 Å². The van der Waals surface area contributed by atoms with Crippen molar-refractivity contribution in [2.75, 3.05) is 22.6 Å². The Kier molecular flexibility index (Phi) is 13.9. The maximum Gasteiger partial charge on any atom is 0.167 e. The second kappa shape index (κ2) is 14.4. The molecule has 9 heteroatoms. The van der Waals surface area contributed by atoms with Gasteiger partial charge in [0.05, 0.1) is 6.61 Å². The fourth-order valence-electron chi connectivity index (χ4n) is 1.22. The SMILES string of the molecule is BrCCBr.Fc1ccc(OCCBr)c(F)c1.Oc1ccc(F)cc1F. The van der Waals surface area contributed by atoms with Crippen LogP contribution in [0.3, 0.4) is 0 Å². The average Bonchev–Trinajstić information content (AvgIpc) is 2.58. The van der Waals surface area contributed by atoms with Gasteiger partial charge in [-0.15, -0.1) is 0 Å². The summed E-state index contributed by atoms with van der Waals surface area (Å²) in [5.41, 5.74) is 0. The van der Waals surface area contributed by atoms with Crippen molar-refractivity contribution in [3.8, 4) is 11.5 Å². The van der Waals surface area contributed by atoms with Crippen molar-refractivity contribution in [3.63, 3.8) is 0 Å². The molecule has 1 N–H and O–H groups in total. The largest absolute Gasteiger partial charge is 0.505 e. The third-order valence-corrected chi connectivity index (χ3v) is 4.39. The van der Waals surface area contributed by atoms with Crippen LogP contribution in [-0.2, 0) is 0 Å². The zero-order valence-electron chi connectivity index (χ0n) is 12.8. The van der Waals surface area contributed by atoms with E-state index in [0.29, 0.717) is 18.0 Å². The van der Waals surface area contributed by atoms with Crippen molar-refractivity contribution in [1.82, 2.24) is 0 Å². The van der Waals surface area contributed by atoms with E-state index in [2.05, 4.69) is 47.8 Å². The van der Waals surface area contributed by atoms with Gasteiger partial charge in [-0.3, -0.25) is 0 Å². The molecule has 0 aliphatic heterocycles. The van der Waals surface area contributed by atoms with Crippen LogP contribution in [0.15, 0.2) is 36.4 Å². The zero-order chi connectivity index (χ0) is 19.2. The van der Waals surface area contributed by atoms with E-state index in [4.69, 9.17) is 9.84 Å². The molecular formula is C16H15Br3F4O2. The first-order chi connectivity index (χ1) is 11.8. The smallest absolute Gasteiger partial charge is 0.167 e. The van der Waals surface area contributed by atoms with Crippen LogP contribution in [0.25, 0.3) is 0 Å². The number of benzene rings is 2. The van der Waals surface area contributed by atoms with Crippen LogP contribution in [0.5, 0.6) is 11.5 Å². The van der Waals surface area contributed by atoms with Crippen molar-refractivity contribution in [3.05, 3.63) is 59.7 Å². The number of halogens is 7. The maximum absolute atomic E-state index is 12.8. The Balaban J connectivity index is 0.000000391. The third kappa shape index (κ3) is 11.4. The zero-order valence-corrected chi connectivity index (χ0v) is 17.6. The van der Waals surface area contributed by atoms with E-state index in [-0.39, 0.29) is 5.75 Å². The summed E-state index contributed by atoms with van der Waals surface area (Å²) in [5.74, 6) is -3.35. The monoisotopic (exact) mass is 552 g/mol.